The first-order chi connectivity index (χ1) is 32.1. The quantitative estimate of drug-likeness (QED) is 0.0594. The molecule has 0 saturated carbocycles. The van der Waals surface area contributed by atoms with Crippen LogP contribution in [0.5, 0.6) is 0 Å². The van der Waals surface area contributed by atoms with Crippen LogP contribution in [0.15, 0.2) is 167 Å². The number of nitrogens with zero attached hydrogens (tertiary/aromatic N) is 6. The third-order valence-electron chi connectivity index (χ3n) is 12.5. The van der Waals surface area contributed by atoms with E-state index in [1.807, 2.05) is 133 Å². The number of esters is 2. The van der Waals surface area contributed by atoms with Crippen LogP contribution >= 0.6 is 31.9 Å². The number of hydrogen-bond donors (Lipinski definition) is 0. The third kappa shape index (κ3) is 10.8. The molecule has 0 N–H and O–H groups in total. The molecule has 66 heavy (non-hydrogen) atoms. The number of amides is 2. The Morgan fingerprint density at radius 1 is 0.470 bits per heavy atom. The minimum atomic E-state index is -1.39. The second-order valence-corrected chi connectivity index (χ2v) is 18.2. The van der Waals surface area contributed by atoms with Crippen molar-refractivity contribution in [2.75, 3.05) is 49.2 Å². The molecule has 8 rings (SSSR count). The van der Waals surface area contributed by atoms with E-state index in [1.165, 1.54) is 11.1 Å². The number of pyridine rings is 2. The van der Waals surface area contributed by atoms with Gasteiger partial charge in [0.25, 0.3) is 11.8 Å². The summed E-state index contributed by atoms with van der Waals surface area (Å²) in [6, 6.07) is 50.1. The Morgan fingerprint density at radius 2 is 0.803 bits per heavy atom. The van der Waals surface area contributed by atoms with E-state index in [2.05, 4.69) is 65.9 Å². The molecule has 4 heterocycles. The fourth-order valence-electron chi connectivity index (χ4n) is 9.28. The smallest absolute Gasteiger partial charge is 0.418 e. The first kappa shape index (κ1) is 46.5. The van der Waals surface area contributed by atoms with Crippen LogP contribution in [0.25, 0.3) is 0 Å². The lowest BCUT2D eigenvalue weighted by Crippen LogP contribution is -2.57. The number of hydrogen-bond acceptors (Lipinski definition) is 10. The number of halogens is 2. The summed E-state index contributed by atoms with van der Waals surface area (Å²) in [5, 5.41) is 0. The SMILES string of the molecule is O=C(OCC(=O)N(c1ccccc1)C1(c2cccc(Br)n2)CCN(Cc2ccccc2)CC1)C(=O)OCC(=O)N(c1ccccc1)C1(c2cccc(Br)n2)CCN(Cc2ccccc2)CC1. The normalized spacial score (nSPS) is 15.8. The Labute approximate surface area is 401 Å². The van der Waals surface area contributed by atoms with E-state index in [0.717, 1.165) is 13.1 Å². The van der Waals surface area contributed by atoms with Crippen LogP contribution in [0.3, 0.4) is 0 Å². The highest BCUT2D eigenvalue weighted by atomic mass is 79.9. The van der Waals surface area contributed by atoms with Gasteiger partial charge < -0.3 is 9.47 Å². The Morgan fingerprint density at radius 3 is 1.14 bits per heavy atom. The van der Waals surface area contributed by atoms with Crippen molar-refractivity contribution < 1.29 is 28.7 Å². The summed E-state index contributed by atoms with van der Waals surface area (Å²) in [7, 11) is 0. The fourth-order valence-corrected chi connectivity index (χ4v) is 9.97. The summed E-state index contributed by atoms with van der Waals surface area (Å²) in [6.07, 6.45) is 2.12. The number of ether oxygens (including phenoxy) is 2. The third-order valence-corrected chi connectivity index (χ3v) is 13.3. The van der Waals surface area contributed by atoms with Crippen LogP contribution in [0.1, 0.15) is 48.2 Å². The van der Waals surface area contributed by atoms with Gasteiger partial charge in [-0.3, -0.25) is 29.2 Å². The van der Waals surface area contributed by atoms with E-state index in [0.29, 0.717) is 83.8 Å². The van der Waals surface area contributed by atoms with Crippen molar-refractivity contribution in [3.8, 4) is 0 Å². The van der Waals surface area contributed by atoms with Gasteiger partial charge in [-0.15, -0.1) is 0 Å². The molecular weight excluding hydrogens is 964 g/mol. The zero-order valence-corrected chi connectivity index (χ0v) is 39.6. The van der Waals surface area contributed by atoms with Gasteiger partial charge in [-0.05, 0) is 117 Å². The lowest BCUT2D eigenvalue weighted by atomic mass is 9.81. The second kappa shape index (κ2) is 21.5. The van der Waals surface area contributed by atoms with E-state index >= 15 is 0 Å². The molecule has 4 aromatic carbocycles. The lowest BCUT2D eigenvalue weighted by Gasteiger charge is -2.48. The summed E-state index contributed by atoms with van der Waals surface area (Å²) in [5.74, 6) is -3.87. The summed E-state index contributed by atoms with van der Waals surface area (Å²) >= 11 is 7.08. The number of rotatable bonds is 14. The van der Waals surface area contributed by atoms with Gasteiger partial charge in [-0.2, -0.15) is 0 Å². The first-order valence-electron chi connectivity index (χ1n) is 22.0. The van der Waals surface area contributed by atoms with Gasteiger partial charge in [0, 0.05) is 50.6 Å². The van der Waals surface area contributed by atoms with Crippen LogP contribution in [0, 0.1) is 0 Å². The highest BCUT2D eigenvalue weighted by molar-refractivity contribution is 9.10. The van der Waals surface area contributed by atoms with Crippen molar-refractivity contribution >= 4 is 67.0 Å². The van der Waals surface area contributed by atoms with Gasteiger partial charge in [-0.1, -0.05) is 109 Å². The second-order valence-electron chi connectivity index (χ2n) is 16.6. The minimum Gasteiger partial charge on any atom is -0.447 e. The van der Waals surface area contributed by atoms with Gasteiger partial charge in [0.15, 0.2) is 13.2 Å². The largest absolute Gasteiger partial charge is 0.447 e. The molecule has 6 aromatic rings. The number of benzene rings is 4. The van der Waals surface area contributed by atoms with E-state index < -0.39 is 48.0 Å². The maximum absolute atomic E-state index is 14.6. The highest BCUT2D eigenvalue weighted by Gasteiger charge is 2.48. The Hall–Kier alpha value is -6.06. The molecule has 2 aliphatic heterocycles. The van der Waals surface area contributed by atoms with Crippen molar-refractivity contribution in [1.29, 1.82) is 0 Å². The van der Waals surface area contributed by atoms with E-state index in [4.69, 9.17) is 19.4 Å². The Bertz CT molecular complexity index is 2410. The molecule has 2 fully saturated rings. The zero-order valence-electron chi connectivity index (χ0n) is 36.4. The molecule has 0 aliphatic carbocycles. The first-order valence-corrected chi connectivity index (χ1v) is 23.6. The van der Waals surface area contributed by atoms with Crippen LogP contribution in [0.4, 0.5) is 11.4 Å². The number of likely N-dealkylation sites (tertiary alicyclic amines) is 2. The van der Waals surface area contributed by atoms with E-state index in [1.54, 1.807) is 9.80 Å². The van der Waals surface area contributed by atoms with Crippen LogP contribution in [0.2, 0.25) is 0 Å². The van der Waals surface area contributed by atoms with Gasteiger partial charge in [0.2, 0.25) is 0 Å². The molecule has 2 amide bonds. The zero-order chi connectivity index (χ0) is 45.9. The van der Waals surface area contributed by atoms with Gasteiger partial charge in [0.1, 0.15) is 9.21 Å². The highest BCUT2D eigenvalue weighted by Crippen LogP contribution is 2.43. The Balaban J connectivity index is 0.987. The van der Waals surface area contributed by atoms with E-state index in [9.17, 15) is 19.2 Å². The molecule has 338 valence electrons. The molecule has 2 aromatic heterocycles. The maximum atomic E-state index is 14.6. The fraction of sp³-hybridized carbons (Fsp3) is 0.269. The number of carbonyl (C=O) groups is 4. The molecule has 2 aliphatic rings. The van der Waals surface area contributed by atoms with Crippen LogP contribution in [-0.2, 0) is 52.8 Å². The summed E-state index contributed by atoms with van der Waals surface area (Å²) in [5.41, 5.74) is 3.07. The topological polar surface area (TPSA) is 125 Å². The average molecular weight is 1010 g/mol. The predicted octanol–water partition coefficient (Wildman–Crippen LogP) is 8.84. The van der Waals surface area contributed by atoms with Crippen LogP contribution in [-0.4, -0.2) is 82.9 Å². The maximum Gasteiger partial charge on any atom is 0.418 e. The molecule has 2 saturated heterocycles. The molecule has 0 bridgehead atoms. The standard InChI is InChI=1S/C52H50Br2N6O6/c53-45-25-13-23-43(55-45)51(27-31-57(32-28-51)35-39-15-5-1-6-16-39)59(41-19-9-3-10-20-41)47(61)37-65-49(63)50(64)66-38-48(62)60(42-21-11-4-12-22-42)52(44-24-14-26-46(54)56-44)29-33-58(34-30-52)36-40-17-7-2-8-18-40/h1-26H,27-38H2. The predicted molar refractivity (Wildman–Crippen MR) is 259 cm³/mol. The van der Waals surface area contributed by atoms with E-state index in [-0.39, 0.29) is 0 Å². The number of carbonyl (C=O) groups excluding carboxylic acids is 4. The van der Waals surface area contributed by atoms with Gasteiger partial charge >= 0.3 is 11.9 Å². The minimum absolute atomic E-state index is 0.530. The van der Waals surface area contributed by atoms with Crippen molar-refractivity contribution in [1.82, 2.24) is 19.8 Å². The van der Waals surface area contributed by atoms with Gasteiger partial charge in [0.05, 0.1) is 22.5 Å². The number of piperidine rings is 2. The van der Waals surface area contributed by atoms with Gasteiger partial charge in [-0.25, -0.2) is 19.6 Å². The summed E-state index contributed by atoms with van der Waals surface area (Å²) in [4.78, 5) is 73.7. The molecule has 0 unspecified atom stereocenters. The lowest BCUT2D eigenvalue weighted by molar-refractivity contribution is -0.169. The molecule has 12 nitrogen and oxygen atoms in total. The monoisotopic (exact) mass is 1010 g/mol. The molecule has 0 radical (unpaired) electrons. The average Bonchev–Trinajstić information content (AvgIpc) is 3.35. The summed E-state index contributed by atoms with van der Waals surface area (Å²) in [6.45, 7) is 2.62. The number of aromatic nitrogens is 2. The molecule has 14 heteroatoms. The summed E-state index contributed by atoms with van der Waals surface area (Å²) < 4.78 is 12.1. The van der Waals surface area contributed by atoms with Crippen molar-refractivity contribution in [3.63, 3.8) is 0 Å². The van der Waals surface area contributed by atoms with Crippen molar-refractivity contribution in [3.05, 3.63) is 189 Å². The number of para-hydroxylation sites is 2. The molecular formula is C52H50Br2N6O6. The molecule has 0 atom stereocenters. The number of anilines is 2. The van der Waals surface area contributed by atoms with Crippen molar-refractivity contribution in [2.45, 2.75) is 49.9 Å². The van der Waals surface area contributed by atoms with Crippen molar-refractivity contribution in [2.24, 2.45) is 0 Å². The molecule has 0 spiro atoms. The van der Waals surface area contributed by atoms with Crippen LogP contribution < -0.4 is 9.80 Å². The Kier molecular flexibility index (Phi) is 15.1.